The van der Waals surface area contributed by atoms with Crippen LogP contribution < -0.4 is 5.32 Å². The van der Waals surface area contributed by atoms with Gasteiger partial charge in [0, 0.05) is 36.6 Å². The van der Waals surface area contributed by atoms with Gasteiger partial charge in [0.15, 0.2) is 5.65 Å². The summed E-state index contributed by atoms with van der Waals surface area (Å²) in [5, 5.41) is 16.9. The molecule has 0 amide bonds. The number of aryl methyl sites for hydroxylation is 1. The number of nitriles is 1. The Morgan fingerprint density at radius 1 is 1.53 bits per heavy atom. The van der Waals surface area contributed by atoms with Crippen molar-refractivity contribution in [1.82, 2.24) is 19.9 Å². The Balaban J connectivity index is 1.70. The molecule has 5 nitrogen and oxygen atoms in total. The van der Waals surface area contributed by atoms with Crippen molar-refractivity contribution in [3.63, 3.8) is 0 Å². The molecule has 2 unspecified atom stereocenters. The van der Waals surface area contributed by atoms with Crippen LogP contribution in [0, 0.1) is 24.2 Å². The molecular formula is C14H17N5. The maximum atomic E-state index is 9.06. The van der Waals surface area contributed by atoms with Crippen LogP contribution in [0.3, 0.4) is 0 Å². The second kappa shape index (κ2) is 4.98. The standard InChI is InChI=1S/C14H17N5/c1-10-5-14-17-8-11(9-19(14)18-10)7-16-13-4-2-3-12(13)6-15/h5,8-9,12-13,16H,2-4,7H2,1H3. The molecule has 0 bridgehead atoms. The van der Waals surface area contributed by atoms with E-state index in [9.17, 15) is 0 Å². The first-order valence-corrected chi connectivity index (χ1v) is 6.70. The monoisotopic (exact) mass is 255 g/mol. The number of fused-ring (bicyclic) bond motifs is 1. The maximum Gasteiger partial charge on any atom is 0.155 e. The van der Waals surface area contributed by atoms with Crippen molar-refractivity contribution in [1.29, 1.82) is 5.26 Å². The lowest BCUT2D eigenvalue weighted by Gasteiger charge is -2.15. The van der Waals surface area contributed by atoms with Gasteiger partial charge in [-0.1, -0.05) is 6.42 Å². The Hall–Kier alpha value is -1.93. The van der Waals surface area contributed by atoms with Gasteiger partial charge in [0.1, 0.15) is 0 Å². The minimum absolute atomic E-state index is 0.156. The van der Waals surface area contributed by atoms with Crippen LogP contribution in [0.1, 0.15) is 30.5 Å². The molecule has 0 radical (unpaired) electrons. The van der Waals surface area contributed by atoms with Crippen molar-refractivity contribution in [3.05, 3.63) is 29.7 Å². The molecule has 3 rings (SSSR count). The molecule has 1 aliphatic carbocycles. The molecule has 1 fully saturated rings. The number of nitrogens with one attached hydrogen (secondary N) is 1. The van der Waals surface area contributed by atoms with E-state index in [-0.39, 0.29) is 5.92 Å². The Morgan fingerprint density at radius 3 is 3.26 bits per heavy atom. The highest BCUT2D eigenvalue weighted by molar-refractivity contribution is 5.38. The van der Waals surface area contributed by atoms with E-state index >= 15 is 0 Å². The van der Waals surface area contributed by atoms with Crippen LogP contribution in [0.4, 0.5) is 0 Å². The van der Waals surface area contributed by atoms with Gasteiger partial charge in [-0.25, -0.2) is 9.50 Å². The van der Waals surface area contributed by atoms with Crippen LogP contribution >= 0.6 is 0 Å². The van der Waals surface area contributed by atoms with Crippen LogP contribution in [0.25, 0.3) is 5.65 Å². The van der Waals surface area contributed by atoms with Gasteiger partial charge in [0.2, 0.25) is 0 Å². The topological polar surface area (TPSA) is 66.0 Å². The van der Waals surface area contributed by atoms with E-state index in [0.717, 1.165) is 42.7 Å². The smallest absolute Gasteiger partial charge is 0.155 e. The molecule has 2 aromatic rings. The predicted molar refractivity (Wildman–Crippen MR) is 71.3 cm³/mol. The van der Waals surface area contributed by atoms with Crippen LogP contribution in [-0.4, -0.2) is 20.6 Å². The minimum atomic E-state index is 0.156. The summed E-state index contributed by atoms with van der Waals surface area (Å²) in [6.45, 7) is 2.70. The molecule has 19 heavy (non-hydrogen) atoms. The lowest BCUT2D eigenvalue weighted by atomic mass is 10.1. The Labute approximate surface area is 112 Å². The number of hydrogen-bond donors (Lipinski definition) is 1. The third kappa shape index (κ3) is 2.45. The average molecular weight is 255 g/mol. The fourth-order valence-electron chi connectivity index (χ4n) is 2.73. The van der Waals surface area contributed by atoms with Gasteiger partial charge < -0.3 is 5.32 Å². The summed E-state index contributed by atoms with van der Waals surface area (Å²) in [5.41, 5.74) is 2.94. The second-order valence-electron chi connectivity index (χ2n) is 5.20. The summed E-state index contributed by atoms with van der Waals surface area (Å²) < 4.78 is 1.81. The zero-order chi connectivity index (χ0) is 13.2. The fourth-order valence-corrected chi connectivity index (χ4v) is 2.73. The molecule has 2 aromatic heterocycles. The molecule has 98 valence electrons. The van der Waals surface area contributed by atoms with Crippen molar-refractivity contribution >= 4 is 5.65 Å². The normalized spacial score (nSPS) is 22.7. The molecule has 2 heterocycles. The molecule has 1 N–H and O–H groups in total. The van der Waals surface area contributed by atoms with Crippen LogP contribution in [-0.2, 0) is 6.54 Å². The third-order valence-electron chi connectivity index (χ3n) is 3.74. The average Bonchev–Trinajstić information content (AvgIpc) is 3.00. The number of aromatic nitrogens is 3. The second-order valence-corrected chi connectivity index (χ2v) is 5.20. The van der Waals surface area contributed by atoms with Crippen LogP contribution in [0.5, 0.6) is 0 Å². The zero-order valence-electron chi connectivity index (χ0n) is 11.0. The Kier molecular flexibility index (Phi) is 3.18. The van der Waals surface area contributed by atoms with Crippen LogP contribution in [0.2, 0.25) is 0 Å². The predicted octanol–water partition coefficient (Wildman–Crippen LogP) is 1.82. The van der Waals surface area contributed by atoms with E-state index in [0.29, 0.717) is 6.04 Å². The van der Waals surface area contributed by atoms with Crippen molar-refractivity contribution in [2.75, 3.05) is 0 Å². The summed E-state index contributed by atoms with van der Waals surface area (Å²) in [5.74, 6) is 0.156. The molecular weight excluding hydrogens is 238 g/mol. The van der Waals surface area contributed by atoms with Crippen molar-refractivity contribution < 1.29 is 0 Å². The number of hydrogen-bond acceptors (Lipinski definition) is 4. The van der Waals surface area contributed by atoms with E-state index in [4.69, 9.17) is 5.26 Å². The Morgan fingerprint density at radius 2 is 2.42 bits per heavy atom. The maximum absolute atomic E-state index is 9.06. The molecule has 0 aliphatic heterocycles. The SMILES string of the molecule is Cc1cc2ncc(CNC3CCCC3C#N)cn2n1. The van der Waals surface area contributed by atoms with Gasteiger partial charge in [0.05, 0.1) is 17.7 Å². The minimum Gasteiger partial charge on any atom is -0.309 e. The molecule has 1 aliphatic rings. The molecule has 1 saturated carbocycles. The molecule has 0 saturated heterocycles. The highest BCUT2D eigenvalue weighted by Gasteiger charge is 2.26. The molecule has 0 aromatic carbocycles. The van der Waals surface area contributed by atoms with E-state index < -0.39 is 0 Å². The lowest BCUT2D eigenvalue weighted by Crippen LogP contribution is -2.31. The number of rotatable bonds is 3. The van der Waals surface area contributed by atoms with Gasteiger partial charge in [-0.05, 0) is 19.8 Å². The molecule has 0 spiro atoms. The quantitative estimate of drug-likeness (QED) is 0.908. The Bertz CT molecular complexity index is 624. The van der Waals surface area contributed by atoms with Gasteiger partial charge in [-0.2, -0.15) is 10.4 Å². The highest BCUT2D eigenvalue weighted by atomic mass is 15.2. The number of nitrogens with zero attached hydrogens (tertiary/aromatic N) is 4. The summed E-state index contributed by atoms with van der Waals surface area (Å²) in [7, 11) is 0. The first-order chi connectivity index (χ1) is 9.26. The van der Waals surface area contributed by atoms with Gasteiger partial charge in [-0.3, -0.25) is 0 Å². The first-order valence-electron chi connectivity index (χ1n) is 6.70. The van der Waals surface area contributed by atoms with E-state index in [2.05, 4.69) is 21.5 Å². The lowest BCUT2D eigenvalue weighted by molar-refractivity contribution is 0.463. The summed E-state index contributed by atoms with van der Waals surface area (Å²) in [6, 6.07) is 4.67. The van der Waals surface area contributed by atoms with Gasteiger partial charge >= 0.3 is 0 Å². The van der Waals surface area contributed by atoms with E-state index in [1.807, 2.05) is 29.9 Å². The van der Waals surface area contributed by atoms with Gasteiger partial charge in [-0.15, -0.1) is 0 Å². The van der Waals surface area contributed by atoms with E-state index in [1.54, 1.807) is 0 Å². The van der Waals surface area contributed by atoms with Gasteiger partial charge in [0.25, 0.3) is 0 Å². The fraction of sp³-hybridized carbons (Fsp3) is 0.500. The third-order valence-corrected chi connectivity index (χ3v) is 3.74. The van der Waals surface area contributed by atoms with Crippen molar-refractivity contribution in [3.8, 4) is 6.07 Å². The first kappa shape index (κ1) is 12.1. The van der Waals surface area contributed by atoms with Crippen molar-refractivity contribution in [2.45, 2.75) is 38.8 Å². The largest absolute Gasteiger partial charge is 0.309 e. The molecule has 5 heteroatoms. The van der Waals surface area contributed by atoms with E-state index in [1.165, 1.54) is 0 Å². The summed E-state index contributed by atoms with van der Waals surface area (Å²) in [4.78, 5) is 4.38. The zero-order valence-corrected chi connectivity index (χ0v) is 11.0. The van der Waals surface area contributed by atoms with Crippen LogP contribution in [0.15, 0.2) is 18.5 Å². The summed E-state index contributed by atoms with van der Waals surface area (Å²) in [6.07, 6.45) is 7.13. The highest BCUT2D eigenvalue weighted by Crippen LogP contribution is 2.25. The molecule has 2 atom stereocenters. The summed E-state index contributed by atoms with van der Waals surface area (Å²) >= 11 is 0. The van der Waals surface area contributed by atoms with Crippen molar-refractivity contribution in [2.24, 2.45) is 5.92 Å².